The first-order valence-corrected chi connectivity index (χ1v) is 13.1. The van der Waals surface area contributed by atoms with E-state index in [1.54, 1.807) is 37.6 Å². The van der Waals surface area contributed by atoms with Gasteiger partial charge in [0.1, 0.15) is 29.0 Å². The van der Waals surface area contributed by atoms with E-state index in [4.69, 9.17) is 15.2 Å². The van der Waals surface area contributed by atoms with E-state index in [0.29, 0.717) is 47.1 Å². The maximum absolute atomic E-state index is 12.0. The summed E-state index contributed by atoms with van der Waals surface area (Å²) in [6.45, 7) is 11.8. The van der Waals surface area contributed by atoms with Crippen LogP contribution < -0.4 is 31.7 Å². The van der Waals surface area contributed by atoms with Crippen molar-refractivity contribution in [2.24, 2.45) is 22.1 Å². The molecule has 0 radical (unpaired) electrons. The van der Waals surface area contributed by atoms with Crippen molar-refractivity contribution in [2.75, 3.05) is 36.2 Å². The van der Waals surface area contributed by atoms with E-state index >= 15 is 0 Å². The fourth-order valence-corrected chi connectivity index (χ4v) is 3.89. The van der Waals surface area contributed by atoms with Crippen LogP contribution in [0.15, 0.2) is 59.8 Å². The minimum Gasteiger partial charge on any atom is -0.455 e. The minimum atomic E-state index is -0.146. The highest BCUT2D eigenvalue weighted by Crippen LogP contribution is 2.32. The van der Waals surface area contributed by atoms with E-state index in [2.05, 4.69) is 63.6 Å². The first kappa shape index (κ1) is 27.9. The number of amidine groups is 1. The number of nitrogens with zero attached hydrogens (tertiary/aromatic N) is 3. The third-order valence-electron chi connectivity index (χ3n) is 6.21. The largest absolute Gasteiger partial charge is 0.455 e. The lowest BCUT2D eigenvalue weighted by Gasteiger charge is -2.27. The molecule has 1 atom stereocenters. The summed E-state index contributed by atoms with van der Waals surface area (Å²) in [4.78, 5) is 25.1. The van der Waals surface area contributed by atoms with Crippen LogP contribution in [0.1, 0.15) is 40.0 Å². The van der Waals surface area contributed by atoms with Crippen LogP contribution in [-0.2, 0) is 9.53 Å². The predicted octanol–water partition coefficient (Wildman–Crippen LogP) is 4.21. The summed E-state index contributed by atoms with van der Waals surface area (Å²) in [6.07, 6.45) is 7.81. The molecular formula is C28H38N8O3. The summed E-state index contributed by atoms with van der Waals surface area (Å²) in [6, 6.07) is 5.45. The molecule has 0 unspecified atom stereocenters. The molecule has 208 valence electrons. The van der Waals surface area contributed by atoms with Gasteiger partial charge >= 0.3 is 0 Å². The van der Waals surface area contributed by atoms with E-state index in [1.807, 2.05) is 6.08 Å². The van der Waals surface area contributed by atoms with Crippen LogP contribution >= 0.6 is 0 Å². The zero-order valence-electron chi connectivity index (χ0n) is 23.0. The molecule has 11 heteroatoms. The number of carbonyl (C=O) groups is 1. The summed E-state index contributed by atoms with van der Waals surface area (Å²) in [5.74, 6) is 2.73. The number of nitrogens with one attached hydrogen (secondary N) is 4. The zero-order chi connectivity index (χ0) is 28.0. The standard InChI is InChI=1S/C28H38N8O3/c1-17(33-24(29)14-23(28(2,3)4)35-19-9-11-38-16-19)34-26-22(30-5)12-21(15-32-26)39-20-8-10-31-25(13-20)36-27(37)18-6-7-18/h8,10,12-15,18-19,30,35H,1,6-7,9,11,16H2,2-5H3,(H2,29,33)(H,32,34)(H,31,36,37)/b23-14-/t19-/m0/s1. The van der Waals surface area contributed by atoms with Crippen molar-refractivity contribution < 1.29 is 14.3 Å². The SMILES string of the molecule is C=C(/N=C(N)\C=C(/N[C@H]1CCOC1)C(C)(C)C)Nc1ncc(Oc2ccnc(NC(=O)C3CC3)c2)cc1NC. The summed E-state index contributed by atoms with van der Waals surface area (Å²) in [7, 11) is 1.78. The van der Waals surface area contributed by atoms with Crippen molar-refractivity contribution in [3.05, 3.63) is 54.8 Å². The first-order valence-electron chi connectivity index (χ1n) is 13.1. The molecule has 1 aliphatic heterocycles. The van der Waals surface area contributed by atoms with Crippen LogP contribution in [-0.4, -0.2) is 48.0 Å². The summed E-state index contributed by atoms with van der Waals surface area (Å²) >= 11 is 0. The number of pyridine rings is 2. The van der Waals surface area contributed by atoms with Gasteiger partial charge < -0.3 is 36.5 Å². The Morgan fingerprint density at radius 3 is 2.67 bits per heavy atom. The van der Waals surface area contributed by atoms with Crippen LogP contribution in [0.2, 0.25) is 0 Å². The van der Waals surface area contributed by atoms with Crippen molar-refractivity contribution >= 4 is 29.1 Å². The van der Waals surface area contributed by atoms with Gasteiger partial charge in [-0.15, -0.1) is 0 Å². The Labute approximate surface area is 229 Å². The number of hydrogen-bond acceptors (Lipinski definition) is 9. The number of allylic oxidation sites excluding steroid dienone is 1. The van der Waals surface area contributed by atoms with Gasteiger partial charge in [0.15, 0.2) is 5.82 Å². The number of nitrogens with two attached hydrogens (primary N) is 1. The molecule has 2 aliphatic rings. The van der Waals surface area contributed by atoms with Crippen LogP contribution in [0, 0.1) is 11.3 Å². The monoisotopic (exact) mass is 534 g/mol. The molecular weight excluding hydrogens is 496 g/mol. The maximum atomic E-state index is 12.0. The lowest BCUT2D eigenvalue weighted by Crippen LogP contribution is -2.35. The van der Waals surface area contributed by atoms with Crippen molar-refractivity contribution in [1.29, 1.82) is 0 Å². The van der Waals surface area contributed by atoms with Gasteiger partial charge in [0.2, 0.25) is 5.91 Å². The van der Waals surface area contributed by atoms with Crippen molar-refractivity contribution in [3.8, 4) is 11.5 Å². The number of aromatic nitrogens is 2. The molecule has 1 saturated heterocycles. The topological polar surface area (TPSA) is 148 Å². The predicted molar refractivity (Wildman–Crippen MR) is 154 cm³/mol. The van der Waals surface area contributed by atoms with E-state index in [0.717, 1.165) is 31.6 Å². The number of anilines is 3. The smallest absolute Gasteiger partial charge is 0.228 e. The molecule has 11 nitrogen and oxygen atoms in total. The summed E-state index contributed by atoms with van der Waals surface area (Å²) in [5, 5.41) is 12.6. The molecule has 4 rings (SSSR count). The average Bonchev–Trinajstić information content (AvgIpc) is 3.61. The molecule has 2 fully saturated rings. The third-order valence-corrected chi connectivity index (χ3v) is 6.21. The van der Waals surface area contributed by atoms with E-state index in [9.17, 15) is 4.79 Å². The van der Waals surface area contributed by atoms with E-state index < -0.39 is 0 Å². The van der Waals surface area contributed by atoms with Crippen molar-refractivity contribution in [2.45, 2.75) is 46.1 Å². The Morgan fingerprint density at radius 2 is 2.00 bits per heavy atom. The molecule has 0 aromatic carbocycles. The molecule has 3 heterocycles. The fraction of sp³-hybridized carbons (Fsp3) is 0.429. The number of rotatable bonds is 11. The lowest BCUT2D eigenvalue weighted by atomic mass is 9.90. The van der Waals surface area contributed by atoms with Crippen LogP contribution in [0.5, 0.6) is 11.5 Å². The van der Waals surface area contributed by atoms with Gasteiger partial charge in [0, 0.05) is 49.0 Å². The van der Waals surface area contributed by atoms with Crippen molar-refractivity contribution in [3.63, 3.8) is 0 Å². The highest BCUT2D eigenvalue weighted by atomic mass is 16.5. The normalized spacial score (nSPS) is 17.9. The molecule has 6 N–H and O–H groups in total. The highest BCUT2D eigenvalue weighted by Gasteiger charge is 2.29. The van der Waals surface area contributed by atoms with Gasteiger partial charge in [-0.2, -0.15) is 0 Å². The van der Waals surface area contributed by atoms with Gasteiger partial charge in [-0.3, -0.25) is 4.79 Å². The molecule has 2 aromatic rings. The summed E-state index contributed by atoms with van der Waals surface area (Å²) < 4.78 is 11.4. The molecule has 1 aliphatic carbocycles. The molecule has 1 saturated carbocycles. The number of ether oxygens (including phenoxy) is 2. The molecule has 0 bridgehead atoms. The maximum Gasteiger partial charge on any atom is 0.228 e. The molecule has 39 heavy (non-hydrogen) atoms. The van der Waals surface area contributed by atoms with E-state index in [1.165, 1.54) is 0 Å². The Kier molecular flexibility index (Phi) is 8.70. The summed E-state index contributed by atoms with van der Waals surface area (Å²) in [5.41, 5.74) is 7.77. The Hall–Kier alpha value is -4.12. The molecule has 1 amide bonds. The molecule has 2 aromatic heterocycles. The zero-order valence-corrected chi connectivity index (χ0v) is 23.0. The van der Waals surface area contributed by atoms with Crippen LogP contribution in [0.25, 0.3) is 0 Å². The van der Waals surface area contributed by atoms with Gasteiger partial charge in [-0.25, -0.2) is 15.0 Å². The van der Waals surface area contributed by atoms with Gasteiger partial charge in [-0.05, 0) is 31.4 Å². The number of aliphatic imine (C=N–C) groups is 1. The number of hydrogen-bond donors (Lipinski definition) is 5. The Morgan fingerprint density at radius 1 is 1.21 bits per heavy atom. The minimum absolute atomic E-state index is 0.0115. The first-order chi connectivity index (χ1) is 18.6. The number of carbonyl (C=O) groups excluding carboxylic acids is 1. The molecule has 0 spiro atoms. The van der Waals surface area contributed by atoms with Gasteiger partial charge in [0.25, 0.3) is 0 Å². The van der Waals surface area contributed by atoms with Gasteiger partial charge in [0.05, 0.1) is 24.5 Å². The second kappa shape index (κ2) is 12.2. The Balaban J connectivity index is 1.41. The second-order valence-electron chi connectivity index (χ2n) is 10.7. The third kappa shape index (κ3) is 8.18. The van der Waals surface area contributed by atoms with Crippen LogP contribution in [0.3, 0.4) is 0 Å². The lowest BCUT2D eigenvalue weighted by molar-refractivity contribution is -0.117. The van der Waals surface area contributed by atoms with Crippen molar-refractivity contribution in [1.82, 2.24) is 15.3 Å². The Bertz CT molecular complexity index is 1260. The quantitative estimate of drug-likeness (QED) is 0.211. The van der Waals surface area contributed by atoms with Crippen LogP contribution in [0.4, 0.5) is 17.3 Å². The number of amides is 1. The highest BCUT2D eigenvalue weighted by molar-refractivity contribution is 5.93. The van der Waals surface area contributed by atoms with Gasteiger partial charge in [-0.1, -0.05) is 27.4 Å². The fourth-order valence-electron chi connectivity index (χ4n) is 3.89. The second-order valence-corrected chi connectivity index (χ2v) is 10.7. The average molecular weight is 535 g/mol. The van der Waals surface area contributed by atoms with E-state index in [-0.39, 0.29) is 23.3 Å².